The van der Waals surface area contributed by atoms with Crippen LogP contribution in [-0.2, 0) is 10.9 Å². The molecule has 1 saturated heterocycles. The van der Waals surface area contributed by atoms with Crippen LogP contribution in [0.25, 0.3) is 5.65 Å². The van der Waals surface area contributed by atoms with E-state index in [-0.39, 0.29) is 29.1 Å². The maximum absolute atomic E-state index is 13.0. The molecular formula is C23H22F3N5O3. The SMILES string of the molecule is O=C(Nc1cn2cc(C3CCOCC3)nc2cc1C(=O)NC1CC1)c1cccc(C(F)(F)F)n1. The molecule has 178 valence electrons. The van der Waals surface area contributed by atoms with E-state index in [1.807, 2.05) is 6.20 Å². The number of ether oxygens (including phenoxy) is 1. The van der Waals surface area contributed by atoms with Crippen molar-refractivity contribution in [1.82, 2.24) is 19.7 Å². The number of amides is 2. The van der Waals surface area contributed by atoms with E-state index >= 15 is 0 Å². The van der Waals surface area contributed by atoms with Gasteiger partial charge in [0.2, 0.25) is 0 Å². The van der Waals surface area contributed by atoms with Crippen molar-refractivity contribution in [3.8, 4) is 0 Å². The summed E-state index contributed by atoms with van der Waals surface area (Å²) in [4.78, 5) is 33.8. The van der Waals surface area contributed by atoms with Gasteiger partial charge in [0.15, 0.2) is 0 Å². The highest BCUT2D eigenvalue weighted by atomic mass is 19.4. The summed E-state index contributed by atoms with van der Waals surface area (Å²) in [5.74, 6) is -1.01. The molecule has 0 unspecified atom stereocenters. The van der Waals surface area contributed by atoms with Crippen molar-refractivity contribution in [3.05, 3.63) is 59.3 Å². The number of fused-ring (bicyclic) bond motifs is 1. The predicted molar refractivity (Wildman–Crippen MR) is 116 cm³/mol. The lowest BCUT2D eigenvalue weighted by Gasteiger charge is -2.19. The van der Waals surface area contributed by atoms with E-state index < -0.39 is 23.5 Å². The summed E-state index contributed by atoms with van der Waals surface area (Å²) in [6.07, 6.45) is 2.14. The second-order valence-corrected chi connectivity index (χ2v) is 8.53. The van der Waals surface area contributed by atoms with Crippen molar-refractivity contribution < 1.29 is 27.5 Å². The number of alkyl halides is 3. The van der Waals surface area contributed by atoms with E-state index in [2.05, 4.69) is 20.6 Å². The number of halogens is 3. The van der Waals surface area contributed by atoms with Gasteiger partial charge in [-0.2, -0.15) is 13.2 Å². The van der Waals surface area contributed by atoms with Gasteiger partial charge in [-0.05, 0) is 43.9 Å². The molecule has 8 nitrogen and oxygen atoms in total. The lowest BCUT2D eigenvalue weighted by molar-refractivity contribution is -0.141. The fourth-order valence-corrected chi connectivity index (χ4v) is 3.93. The van der Waals surface area contributed by atoms with Crippen LogP contribution >= 0.6 is 0 Å². The van der Waals surface area contributed by atoms with Crippen molar-refractivity contribution >= 4 is 23.1 Å². The Balaban J connectivity index is 1.48. The van der Waals surface area contributed by atoms with E-state index in [0.717, 1.165) is 43.5 Å². The number of nitrogens with zero attached hydrogens (tertiary/aromatic N) is 3. The van der Waals surface area contributed by atoms with Gasteiger partial charge in [-0.3, -0.25) is 9.59 Å². The summed E-state index contributed by atoms with van der Waals surface area (Å²) >= 11 is 0. The van der Waals surface area contributed by atoms with Crippen LogP contribution in [0, 0.1) is 0 Å². The molecule has 2 fully saturated rings. The number of hydrogen-bond acceptors (Lipinski definition) is 5. The maximum Gasteiger partial charge on any atom is 0.433 e. The standard InChI is InChI=1S/C23H22F3N5O3/c24-23(25,26)19-3-1-2-16(28-19)22(33)30-18-12-31-11-17(13-6-8-34-9-7-13)29-20(31)10-15(18)21(32)27-14-4-5-14/h1-3,10-14H,4-9H2,(H,27,32)(H,30,33). The number of carbonyl (C=O) groups excluding carboxylic acids is 2. The summed E-state index contributed by atoms with van der Waals surface area (Å²) in [6, 6.07) is 4.75. The maximum atomic E-state index is 13.0. The topological polar surface area (TPSA) is 97.6 Å². The lowest BCUT2D eigenvalue weighted by atomic mass is 9.97. The van der Waals surface area contributed by atoms with E-state index in [1.165, 1.54) is 6.07 Å². The van der Waals surface area contributed by atoms with E-state index in [0.29, 0.717) is 18.9 Å². The number of nitrogens with one attached hydrogen (secondary N) is 2. The second kappa shape index (κ2) is 8.71. The first-order valence-corrected chi connectivity index (χ1v) is 11.0. The summed E-state index contributed by atoms with van der Waals surface area (Å²) in [6.45, 7) is 1.30. The molecule has 0 bridgehead atoms. The van der Waals surface area contributed by atoms with Crippen LogP contribution in [0.4, 0.5) is 18.9 Å². The number of carbonyl (C=O) groups is 2. The van der Waals surface area contributed by atoms with Crippen LogP contribution in [0.5, 0.6) is 0 Å². The van der Waals surface area contributed by atoms with Crippen LogP contribution in [-0.4, -0.2) is 45.4 Å². The largest absolute Gasteiger partial charge is 0.433 e. The third-order valence-electron chi connectivity index (χ3n) is 5.93. The number of rotatable bonds is 5. The first kappa shape index (κ1) is 22.3. The molecule has 0 atom stereocenters. The van der Waals surface area contributed by atoms with Gasteiger partial charge < -0.3 is 19.8 Å². The molecule has 5 rings (SSSR count). The highest BCUT2D eigenvalue weighted by Crippen LogP contribution is 2.30. The molecule has 11 heteroatoms. The Bertz CT molecular complexity index is 1250. The van der Waals surface area contributed by atoms with E-state index in [9.17, 15) is 22.8 Å². The average molecular weight is 473 g/mol. The smallest absolute Gasteiger partial charge is 0.381 e. The van der Waals surface area contributed by atoms with E-state index in [4.69, 9.17) is 4.74 Å². The molecule has 3 aromatic rings. The Kier molecular flexibility index (Phi) is 5.72. The summed E-state index contributed by atoms with van der Waals surface area (Å²) in [5, 5.41) is 5.44. The molecule has 2 aliphatic rings. The third kappa shape index (κ3) is 4.74. The summed E-state index contributed by atoms with van der Waals surface area (Å²) in [7, 11) is 0. The predicted octanol–water partition coefficient (Wildman–Crippen LogP) is 3.79. The van der Waals surface area contributed by atoms with Gasteiger partial charge in [-0.1, -0.05) is 6.07 Å². The summed E-state index contributed by atoms with van der Waals surface area (Å²) < 4.78 is 46.2. The fourth-order valence-electron chi connectivity index (χ4n) is 3.93. The zero-order valence-electron chi connectivity index (χ0n) is 18.1. The molecular weight excluding hydrogens is 451 g/mol. The average Bonchev–Trinajstić information content (AvgIpc) is 3.54. The summed E-state index contributed by atoms with van der Waals surface area (Å²) in [5.41, 5.74) is 0.169. The number of aromatic nitrogens is 3. The highest BCUT2D eigenvalue weighted by molar-refractivity contribution is 6.08. The minimum absolute atomic E-state index is 0.0787. The Labute approximate surface area is 192 Å². The number of pyridine rings is 2. The molecule has 0 radical (unpaired) electrons. The molecule has 4 heterocycles. The quantitative estimate of drug-likeness (QED) is 0.588. The van der Waals surface area contributed by atoms with Crippen LogP contribution in [0.15, 0.2) is 36.7 Å². The number of imidazole rings is 1. The Morgan fingerprint density at radius 1 is 1.03 bits per heavy atom. The minimum Gasteiger partial charge on any atom is -0.381 e. The molecule has 34 heavy (non-hydrogen) atoms. The van der Waals surface area contributed by atoms with Crippen molar-refractivity contribution in [3.63, 3.8) is 0 Å². The van der Waals surface area contributed by atoms with Gasteiger partial charge >= 0.3 is 6.18 Å². The Hall–Kier alpha value is -3.47. The van der Waals surface area contributed by atoms with Crippen molar-refractivity contribution in [1.29, 1.82) is 0 Å². The minimum atomic E-state index is -4.68. The molecule has 1 aliphatic carbocycles. The second-order valence-electron chi connectivity index (χ2n) is 8.53. The Morgan fingerprint density at radius 3 is 2.50 bits per heavy atom. The van der Waals surface area contributed by atoms with Gasteiger partial charge in [-0.15, -0.1) is 0 Å². The third-order valence-corrected chi connectivity index (χ3v) is 5.93. The van der Waals surface area contributed by atoms with Gasteiger partial charge in [0.1, 0.15) is 17.0 Å². The zero-order chi connectivity index (χ0) is 23.9. The van der Waals surface area contributed by atoms with Gasteiger partial charge in [0, 0.05) is 37.6 Å². The first-order chi connectivity index (χ1) is 16.3. The van der Waals surface area contributed by atoms with Crippen molar-refractivity contribution in [2.45, 2.75) is 43.8 Å². The first-order valence-electron chi connectivity index (χ1n) is 11.0. The van der Waals surface area contributed by atoms with Crippen molar-refractivity contribution in [2.24, 2.45) is 0 Å². The zero-order valence-corrected chi connectivity index (χ0v) is 18.1. The molecule has 0 aromatic carbocycles. The molecule has 1 saturated carbocycles. The van der Waals surface area contributed by atoms with Gasteiger partial charge in [-0.25, -0.2) is 9.97 Å². The van der Waals surface area contributed by atoms with Crippen LogP contribution < -0.4 is 10.6 Å². The normalized spacial score (nSPS) is 17.0. The molecule has 1 aliphatic heterocycles. The fraction of sp³-hybridized carbons (Fsp3) is 0.391. The van der Waals surface area contributed by atoms with E-state index in [1.54, 1.807) is 16.7 Å². The molecule has 2 N–H and O–H groups in total. The highest BCUT2D eigenvalue weighted by Gasteiger charge is 2.33. The van der Waals surface area contributed by atoms with Crippen LogP contribution in [0.2, 0.25) is 0 Å². The monoisotopic (exact) mass is 473 g/mol. The number of anilines is 1. The lowest BCUT2D eigenvalue weighted by Crippen LogP contribution is -2.27. The molecule has 0 spiro atoms. The molecule has 3 aromatic heterocycles. The number of hydrogen-bond donors (Lipinski definition) is 2. The van der Waals surface area contributed by atoms with Crippen LogP contribution in [0.3, 0.4) is 0 Å². The van der Waals surface area contributed by atoms with Crippen LogP contribution in [0.1, 0.15) is 63.8 Å². The van der Waals surface area contributed by atoms with Gasteiger partial charge in [0.25, 0.3) is 11.8 Å². The molecule has 2 amide bonds. The van der Waals surface area contributed by atoms with Gasteiger partial charge in [0.05, 0.1) is 16.9 Å². The van der Waals surface area contributed by atoms with Crippen molar-refractivity contribution in [2.75, 3.05) is 18.5 Å². The Morgan fingerprint density at radius 2 is 1.79 bits per heavy atom.